The van der Waals surface area contributed by atoms with Gasteiger partial charge in [-0.2, -0.15) is 0 Å². The minimum absolute atomic E-state index is 0.0790. The predicted molar refractivity (Wildman–Crippen MR) is 127 cm³/mol. The van der Waals surface area contributed by atoms with Crippen LogP contribution in [-0.2, 0) is 18.7 Å². The summed E-state index contributed by atoms with van der Waals surface area (Å²) in [5.74, 6) is -0.0790. The molecule has 0 spiro atoms. The molecular formula is C26H36O4Si. The number of aldehydes is 1. The van der Waals surface area contributed by atoms with Crippen molar-refractivity contribution in [3.8, 4) is 0 Å². The number of hydrogen-bond acceptors (Lipinski definition) is 4. The Morgan fingerprint density at radius 2 is 1.61 bits per heavy atom. The molecule has 3 atom stereocenters. The second-order valence-corrected chi connectivity index (χ2v) is 13.8. The fraction of sp³-hybridized carbons (Fsp3) is 0.500. The third kappa shape index (κ3) is 5.53. The molecule has 4 nitrogen and oxygen atoms in total. The topological polar surface area (TPSA) is 44.8 Å². The number of ether oxygens (including phenoxy) is 2. The molecule has 0 N–H and O–H groups in total. The van der Waals surface area contributed by atoms with Crippen LogP contribution in [0.2, 0.25) is 5.04 Å². The summed E-state index contributed by atoms with van der Waals surface area (Å²) < 4.78 is 18.7. The zero-order valence-corrected chi connectivity index (χ0v) is 20.3. The van der Waals surface area contributed by atoms with Crippen molar-refractivity contribution >= 4 is 25.0 Å². The van der Waals surface area contributed by atoms with Gasteiger partial charge in [0, 0.05) is 19.1 Å². The van der Waals surface area contributed by atoms with Crippen molar-refractivity contribution in [2.45, 2.75) is 64.4 Å². The SMILES string of the molecule is C[C@H](CO[Si](c1ccccc1)(c1ccccc1)C(C)(C)C)[C@H](C=O)OC1CCCCO1. The minimum atomic E-state index is -2.63. The van der Waals surface area contributed by atoms with Gasteiger partial charge in [-0.3, -0.25) is 0 Å². The molecule has 1 aliphatic rings. The Balaban J connectivity index is 1.87. The van der Waals surface area contributed by atoms with Crippen molar-refractivity contribution in [3.63, 3.8) is 0 Å². The van der Waals surface area contributed by atoms with E-state index < -0.39 is 14.4 Å². The average molecular weight is 441 g/mol. The highest BCUT2D eigenvalue weighted by molar-refractivity contribution is 6.99. The monoisotopic (exact) mass is 440 g/mol. The molecule has 0 aromatic heterocycles. The quantitative estimate of drug-likeness (QED) is 0.431. The fourth-order valence-electron chi connectivity index (χ4n) is 4.41. The minimum Gasteiger partial charge on any atom is -0.407 e. The van der Waals surface area contributed by atoms with Crippen LogP contribution in [0.5, 0.6) is 0 Å². The molecule has 0 bridgehead atoms. The van der Waals surface area contributed by atoms with Gasteiger partial charge in [0.2, 0.25) is 0 Å². The maximum atomic E-state index is 11.9. The van der Waals surface area contributed by atoms with E-state index in [0.717, 1.165) is 25.5 Å². The highest BCUT2D eigenvalue weighted by Gasteiger charge is 2.50. The predicted octanol–water partition coefficient (Wildman–Crippen LogP) is 4.31. The molecule has 1 saturated heterocycles. The molecule has 1 aliphatic heterocycles. The zero-order chi connectivity index (χ0) is 22.3. The van der Waals surface area contributed by atoms with Gasteiger partial charge in [0.25, 0.3) is 8.32 Å². The summed E-state index contributed by atoms with van der Waals surface area (Å²) in [6.07, 6.45) is 3.03. The van der Waals surface area contributed by atoms with E-state index in [9.17, 15) is 4.79 Å². The van der Waals surface area contributed by atoms with Crippen LogP contribution in [-0.4, -0.2) is 40.2 Å². The Morgan fingerprint density at radius 1 is 1.03 bits per heavy atom. The van der Waals surface area contributed by atoms with Crippen LogP contribution in [0.3, 0.4) is 0 Å². The number of benzene rings is 2. The zero-order valence-electron chi connectivity index (χ0n) is 19.3. The van der Waals surface area contributed by atoms with E-state index in [0.29, 0.717) is 13.2 Å². The van der Waals surface area contributed by atoms with E-state index in [1.165, 1.54) is 10.4 Å². The largest absolute Gasteiger partial charge is 0.407 e. The molecule has 0 saturated carbocycles. The van der Waals surface area contributed by atoms with Crippen LogP contribution in [0.15, 0.2) is 60.7 Å². The summed E-state index contributed by atoms with van der Waals surface area (Å²) in [4.78, 5) is 11.9. The third-order valence-corrected chi connectivity index (χ3v) is 11.1. The van der Waals surface area contributed by atoms with Crippen molar-refractivity contribution < 1.29 is 18.7 Å². The van der Waals surface area contributed by atoms with Gasteiger partial charge in [-0.1, -0.05) is 88.4 Å². The first-order valence-electron chi connectivity index (χ1n) is 11.4. The molecule has 2 aromatic carbocycles. The maximum absolute atomic E-state index is 11.9. The van der Waals surface area contributed by atoms with Gasteiger partial charge in [0.15, 0.2) is 6.29 Å². The standard InChI is InChI=1S/C26H36O4Si/c1-21(24(19-27)30-25-17-11-12-18-28-25)20-29-31(26(2,3)4,22-13-7-5-8-14-22)23-15-9-6-10-16-23/h5-10,13-16,19,21,24-25H,11-12,17-18,20H2,1-4H3/t21-,24+,25?/m1/s1. The molecule has 2 aromatic rings. The van der Waals surface area contributed by atoms with Crippen LogP contribution < -0.4 is 10.4 Å². The van der Waals surface area contributed by atoms with E-state index in [-0.39, 0.29) is 17.2 Å². The average Bonchev–Trinajstić information content (AvgIpc) is 2.79. The van der Waals surface area contributed by atoms with Gasteiger partial charge >= 0.3 is 0 Å². The first-order chi connectivity index (χ1) is 14.9. The molecular weight excluding hydrogens is 404 g/mol. The molecule has 0 aliphatic carbocycles. The Hall–Kier alpha value is -1.79. The molecule has 1 unspecified atom stereocenters. The van der Waals surface area contributed by atoms with E-state index >= 15 is 0 Å². The molecule has 31 heavy (non-hydrogen) atoms. The Morgan fingerprint density at radius 3 is 2.06 bits per heavy atom. The first kappa shape index (κ1) is 23.9. The van der Waals surface area contributed by atoms with Crippen LogP contribution in [0.1, 0.15) is 47.0 Å². The lowest BCUT2D eigenvalue weighted by atomic mass is 10.1. The van der Waals surface area contributed by atoms with E-state index in [2.05, 4.69) is 69.3 Å². The van der Waals surface area contributed by atoms with Crippen molar-refractivity contribution in [2.24, 2.45) is 5.92 Å². The second kappa shape index (κ2) is 10.7. The van der Waals surface area contributed by atoms with Gasteiger partial charge in [-0.05, 0) is 34.7 Å². The lowest BCUT2D eigenvalue weighted by Gasteiger charge is -2.44. The lowest BCUT2D eigenvalue weighted by molar-refractivity contribution is -0.195. The molecule has 5 heteroatoms. The Kier molecular flexibility index (Phi) is 8.22. The first-order valence-corrected chi connectivity index (χ1v) is 13.3. The van der Waals surface area contributed by atoms with Crippen LogP contribution in [0, 0.1) is 5.92 Å². The summed E-state index contributed by atoms with van der Waals surface area (Å²) in [6.45, 7) is 9.95. The van der Waals surface area contributed by atoms with Crippen LogP contribution in [0.4, 0.5) is 0 Å². The highest BCUT2D eigenvalue weighted by Crippen LogP contribution is 2.37. The Bertz CT molecular complexity index is 758. The van der Waals surface area contributed by atoms with Crippen molar-refractivity contribution in [2.75, 3.05) is 13.2 Å². The second-order valence-electron chi connectivity index (χ2n) is 9.48. The molecule has 1 heterocycles. The summed E-state index contributed by atoms with van der Waals surface area (Å²) in [6, 6.07) is 21.1. The number of carbonyl (C=O) groups is 1. The van der Waals surface area contributed by atoms with Crippen molar-refractivity contribution in [1.82, 2.24) is 0 Å². The maximum Gasteiger partial charge on any atom is 0.261 e. The molecule has 0 amide bonds. The van der Waals surface area contributed by atoms with Gasteiger partial charge in [0.05, 0.1) is 0 Å². The molecule has 168 valence electrons. The summed E-state index contributed by atoms with van der Waals surface area (Å²) >= 11 is 0. The van der Waals surface area contributed by atoms with Gasteiger partial charge in [0.1, 0.15) is 12.4 Å². The molecule has 3 rings (SSSR count). The van der Waals surface area contributed by atoms with Crippen LogP contribution in [0.25, 0.3) is 0 Å². The van der Waals surface area contributed by atoms with Gasteiger partial charge in [-0.15, -0.1) is 0 Å². The van der Waals surface area contributed by atoms with Gasteiger partial charge in [-0.25, -0.2) is 0 Å². The number of carbonyl (C=O) groups excluding carboxylic acids is 1. The van der Waals surface area contributed by atoms with Crippen molar-refractivity contribution in [3.05, 3.63) is 60.7 Å². The highest BCUT2D eigenvalue weighted by atomic mass is 28.4. The summed E-state index contributed by atoms with van der Waals surface area (Å²) in [5, 5.41) is 2.37. The number of hydrogen-bond donors (Lipinski definition) is 0. The van der Waals surface area contributed by atoms with E-state index in [4.69, 9.17) is 13.9 Å². The number of rotatable bonds is 9. The molecule has 1 fully saturated rings. The summed E-state index contributed by atoms with van der Waals surface area (Å²) in [5.41, 5.74) is 0. The van der Waals surface area contributed by atoms with Crippen LogP contribution >= 0.6 is 0 Å². The normalized spacial score (nSPS) is 19.5. The molecule has 0 radical (unpaired) electrons. The lowest BCUT2D eigenvalue weighted by Crippen LogP contribution is -2.67. The fourth-order valence-corrected chi connectivity index (χ4v) is 9.08. The third-order valence-electron chi connectivity index (χ3n) is 6.12. The smallest absolute Gasteiger partial charge is 0.261 e. The Labute approximate surface area is 188 Å². The van der Waals surface area contributed by atoms with Gasteiger partial charge < -0.3 is 18.7 Å². The van der Waals surface area contributed by atoms with Crippen molar-refractivity contribution in [1.29, 1.82) is 0 Å². The summed E-state index contributed by atoms with van der Waals surface area (Å²) in [7, 11) is -2.63. The van der Waals surface area contributed by atoms with E-state index in [1.807, 2.05) is 19.1 Å². The van der Waals surface area contributed by atoms with E-state index in [1.54, 1.807) is 0 Å².